The molecule has 1 heterocycles. The van der Waals surface area contributed by atoms with E-state index in [1.807, 2.05) is 13.0 Å². The number of hydrogen-bond donors (Lipinski definition) is 2. The summed E-state index contributed by atoms with van der Waals surface area (Å²) in [6.45, 7) is 10.5. The summed E-state index contributed by atoms with van der Waals surface area (Å²) in [5.41, 5.74) is 0.601. The number of esters is 2. The van der Waals surface area contributed by atoms with Crippen LogP contribution < -0.4 is 0 Å². The zero-order chi connectivity index (χ0) is 26.5. The minimum Gasteiger partial charge on any atom is -0.462 e. The standard InChI is InChI=1S/C29H47NO6/c1-19(15-27(32)36-26-16-24-21(3)17-30(5)18-25(24)22(26)4)7-6-8-20(2)28(33)35-14-13-29(34)11-9-23(31)10-12-29/h8,15,21-26,31,34H,6-7,9-14,16-18H2,1-5H3/b19-15+,20-8+/t21-,22-,23?,24-,25-,26+,29?/m1/s1. The van der Waals surface area contributed by atoms with Crippen molar-refractivity contribution in [2.45, 2.75) is 96.9 Å². The van der Waals surface area contributed by atoms with Crippen LogP contribution in [0.2, 0.25) is 0 Å². The number of aliphatic hydroxyl groups is 2. The summed E-state index contributed by atoms with van der Waals surface area (Å²) in [5.74, 6) is 1.58. The fourth-order valence-corrected chi connectivity index (χ4v) is 6.39. The van der Waals surface area contributed by atoms with Crippen LogP contribution in [-0.2, 0) is 19.1 Å². The number of piperidine rings is 1. The summed E-state index contributed by atoms with van der Waals surface area (Å²) < 4.78 is 11.2. The monoisotopic (exact) mass is 505 g/mol. The summed E-state index contributed by atoms with van der Waals surface area (Å²) >= 11 is 0. The Bertz CT molecular complexity index is 828. The predicted molar refractivity (Wildman–Crippen MR) is 139 cm³/mol. The van der Waals surface area contributed by atoms with Gasteiger partial charge in [0.25, 0.3) is 0 Å². The Morgan fingerprint density at radius 2 is 1.81 bits per heavy atom. The van der Waals surface area contributed by atoms with Gasteiger partial charge in [-0.25, -0.2) is 9.59 Å². The van der Waals surface area contributed by atoms with Gasteiger partial charge in [-0.1, -0.05) is 25.5 Å². The van der Waals surface area contributed by atoms with E-state index in [2.05, 4.69) is 25.8 Å². The summed E-state index contributed by atoms with van der Waals surface area (Å²) in [7, 11) is 2.18. The first-order chi connectivity index (χ1) is 17.0. The molecule has 1 aliphatic heterocycles. The van der Waals surface area contributed by atoms with E-state index in [0.29, 0.717) is 74.2 Å². The molecule has 0 spiro atoms. The SMILES string of the molecule is C/C(=C\C(=O)O[C@H]1C[C@H]2[C@H](CN(C)C[C@H]2C)[C@H]1C)CC/C=C(\C)C(=O)OCCC1(O)CCC(O)CC1. The molecule has 3 rings (SSSR count). The number of allylic oxidation sites excluding steroid dienone is 2. The van der Waals surface area contributed by atoms with Gasteiger partial charge in [0.15, 0.2) is 0 Å². The largest absolute Gasteiger partial charge is 0.462 e. The fourth-order valence-electron chi connectivity index (χ4n) is 6.39. The molecule has 0 aromatic heterocycles. The van der Waals surface area contributed by atoms with Crippen LogP contribution in [0.25, 0.3) is 0 Å². The molecule has 0 aromatic carbocycles. The lowest BCUT2D eigenvalue weighted by molar-refractivity contribution is -0.145. The summed E-state index contributed by atoms with van der Waals surface area (Å²) in [5, 5.41) is 20.1. The number of aliphatic hydroxyl groups excluding tert-OH is 1. The molecule has 7 nitrogen and oxygen atoms in total. The van der Waals surface area contributed by atoms with E-state index in [9.17, 15) is 19.8 Å². The number of rotatable bonds is 9. The highest BCUT2D eigenvalue weighted by Crippen LogP contribution is 2.45. The number of hydrogen-bond acceptors (Lipinski definition) is 7. The molecule has 2 aliphatic carbocycles. The molecule has 36 heavy (non-hydrogen) atoms. The van der Waals surface area contributed by atoms with E-state index in [1.54, 1.807) is 13.0 Å². The summed E-state index contributed by atoms with van der Waals surface area (Å²) in [4.78, 5) is 27.2. The highest BCUT2D eigenvalue weighted by atomic mass is 16.5. The molecule has 1 saturated heterocycles. The van der Waals surface area contributed by atoms with Crippen molar-refractivity contribution in [3.8, 4) is 0 Å². The number of nitrogens with zero attached hydrogens (tertiary/aromatic N) is 1. The van der Waals surface area contributed by atoms with Crippen molar-refractivity contribution >= 4 is 11.9 Å². The molecule has 5 atom stereocenters. The third-order valence-electron chi connectivity index (χ3n) is 8.80. The van der Waals surface area contributed by atoms with Crippen molar-refractivity contribution in [2.75, 3.05) is 26.7 Å². The van der Waals surface area contributed by atoms with E-state index in [4.69, 9.17) is 9.47 Å². The van der Waals surface area contributed by atoms with Crippen LogP contribution in [0.1, 0.15) is 79.1 Å². The highest BCUT2D eigenvalue weighted by Gasteiger charge is 2.47. The molecule has 2 N–H and O–H groups in total. The van der Waals surface area contributed by atoms with Crippen LogP contribution in [-0.4, -0.2) is 71.6 Å². The molecular weight excluding hydrogens is 458 g/mol. The normalized spacial score (nSPS) is 35.9. The molecule has 3 aliphatic rings. The van der Waals surface area contributed by atoms with Gasteiger partial charge in [-0.3, -0.25) is 0 Å². The number of carbonyl (C=O) groups is 2. The van der Waals surface area contributed by atoms with Gasteiger partial charge in [-0.05, 0) is 89.5 Å². The number of carbonyl (C=O) groups excluding carboxylic acids is 2. The zero-order valence-corrected chi connectivity index (χ0v) is 22.9. The molecule has 3 fully saturated rings. The second-order valence-electron chi connectivity index (χ2n) is 11.9. The van der Waals surface area contributed by atoms with Crippen molar-refractivity contribution < 1.29 is 29.3 Å². The van der Waals surface area contributed by atoms with Gasteiger partial charge in [0.05, 0.1) is 18.3 Å². The lowest BCUT2D eigenvalue weighted by Crippen LogP contribution is -2.42. The Morgan fingerprint density at radius 3 is 2.50 bits per heavy atom. The topological polar surface area (TPSA) is 96.3 Å². The maximum Gasteiger partial charge on any atom is 0.333 e. The number of ether oxygens (including phenoxy) is 2. The van der Waals surface area contributed by atoms with Crippen LogP contribution in [0.3, 0.4) is 0 Å². The molecule has 0 amide bonds. The van der Waals surface area contributed by atoms with Crippen LogP contribution in [0.15, 0.2) is 23.3 Å². The average molecular weight is 506 g/mol. The molecule has 0 unspecified atom stereocenters. The Balaban J connectivity index is 1.38. The van der Waals surface area contributed by atoms with E-state index in [-0.39, 0.29) is 30.8 Å². The van der Waals surface area contributed by atoms with Crippen molar-refractivity contribution in [1.82, 2.24) is 4.90 Å². The van der Waals surface area contributed by atoms with E-state index < -0.39 is 5.60 Å². The minimum absolute atomic E-state index is 0.0147. The van der Waals surface area contributed by atoms with Crippen LogP contribution >= 0.6 is 0 Å². The van der Waals surface area contributed by atoms with Crippen LogP contribution in [0.4, 0.5) is 0 Å². The highest BCUT2D eigenvalue weighted by molar-refractivity contribution is 5.87. The van der Waals surface area contributed by atoms with E-state index >= 15 is 0 Å². The Morgan fingerprint density at radius 1 is 1.11 bits per heavy atom. The number of fused-ring (bicyclic) bond motifs is 1. The van der Waals surface area contributed by atoms with Gasteiger partial charge in [0.2, 0.25) is 0 Å². The fraction of sp³-hybridized carbons (Fsp3) is 0.793. The Labute approximate surface area is 216 Å². The van der Waals surface area contributed by atoms with Crippen molar-refractivity contribution in [3.05, 3.63) is 23.3 Å². The lowest BCUT2D eigenvalue weighted by Gasteiger charge is -2.38. The van der Waals surface area contributed by atoms with Crippen molar-refractivity contribution in [1.29, 1.82) is 0 Å². The first kappa shape index (κ1) is 28.9. The molecule has 204 valence electrons. The second kappa shape index (κ2) is 12.7. The first-order valence-electron chi connectivity index (χ1n) is 13.8. The van der Waals surface area contributed by atoms with Gasteiger partial charge < -0.3 is 24.6 Å². The third kappa shape index (κ3) is 7.90. The van der Waals surface area contributed by atoms with Crippen molar-refractivity contribution in [2.24, 2.45) is 23.7 Å². The van der Waals surface area contributed by atoms with E-state index in [0.717, 1.165) is 25.1 Å². The summed E-state index contributed by atoms with van der Waals surface area (Å²) in [6.07, 6.45) is 7.95. The Hall–Kier alpha value is -1.70. The van der Waals surface area contributed by atoms with E-state index in [1.165, 1.54) is 0 Å². The molecule has 7 heteroatoms. The third-order valence-corrected chi connectivity index (χ3v) is 8.80. The maximum absolute atomic E-state index is 12.6. The minimum atomic E-state index is -0.851. The predicted octanol–water partition coefficient (Wildman–Crippen LogP) is 4.02. The van der Waals surface area contributed by atoms with Crippen LogP contribution in [0, 0.1) is 23.7 Å². The van der Waals surface area contributed by atoms with Crippen molar-refractivity contribution in [3.63, 3.8) is 0 Å². The zero-order valence-electron chi connectivity index (χ0n) is 22.9. The van der Waals surface area contributed by atoms with Gasteiger partial charge in [-0.2, -0.15) is 0 Å². The smallest absolute Gasteiger partial charge is 0.333 e. The molecule has 2 saturated carbocycles. The average Bonchev–Trinajstić information content (AvgIpc) is 3.11. The van der Waals surface area contributed by atoms with Gasteiger partial charge in [0, 0.05) is 31.2 Å². The summed E-state index contributed by atoms with van der Waals surface area (Å²) in [6, 6.07) is 0. The molecule has 0 aromatic rings. The quantitative estimate of drug-likeness (QED) is 0.361. The lowest BCUT2D eigenvalue weighted by atomic mass is 9.79. The molecule has 0 bridgehead atoms. The maximum atomic E-state index is 12.6. The van der Waals surface area contributed by atoms with Gasteiger partial charge >= 0.3 is 11.9 Å². The van der Waals surface area contributed by atoms with Crippen LogP contribution in [0.5, 0.6) is 0 Å². The number of likely N-dealkylation sites (tertiary alicyclic amines) is 1. The van der Waals surface area contributed by atoms with Gasteiger partial charge in [-0.15, -0.1) is 0 Å². The van der Waals surface area contributed by atoms with Gasteiger partial charge in [0.1, 0.15) is 6.10 Å². The Kier molecular flexibility index (Phi) is 10.2. The molecule has 0 radical (unpaired) electrons. The molecular formula is C29H47NO6. The second-order valence-corrected chi connectivity index (χ2v) is 11.9. The first-order valence-corrected chi connectivity index (χ1v) is 13.8.